The van der Waals surface area contributed by atoms with Gasteiger partial charge in [-0.05, 0) is 38.6 Å². The van der Waals surface area contributed by atoms with Crippen molar-refractivity contribution >= 4 is 0 Å². The van der Waals surface area contributed by atoms with Crippen molar-refractivity contribution in [2.75, 3.05) is 13.1 Å². The summed E-state index contributed by atoms with van der Waals surface area (Å²) in [5.74, 6) is 0.847. The molecule has 1 unspecified atom stereocenters. The Bertz CT molecular complexity index is 160. The largest absolute Gasteiger partial charge is 0.389 e. The minimum absolute atomic E-state index is 0.523. The van der Waals surface area contributed by atoms with Gasteiger partial charge in [0.1, 0.15) is 0 Å². The number of aliphatic hydroxyl groups is 1. The van der Waals surface area contributed by atoms with Crippen LogP contribution in [0.4, 0.5) is 0 Å². The van der Waals surface area contributed by atoms with E-state index in [1.807, 2.05) is 13.8 Å². The van der Waals surface area contributed by atoms with Crippen molar-refractivity contribution in [1.82, 2.24) is 5.32 Å². The van der Waals surface area contributed by atoms with Crippen LogP contribution in [0.15, 0.2) is 0 Å². The molecule has 0 heterocycles. The number of nitrogens with one attached hydrogen (secondary N) is 1. The van der Waals surface area contributed by atoms with Gasteiger partial charge in [0.25, 0.3) is 0 Å². The lowest BCUT2D eigenvalue weighted by molar-refractivity contribution is 0.0548. The Morgan fingerprint density at radius 1 is 1.20 bits per heavy atom. The Kier molecular flexibility index (Phi) is 5.62. The summed E-state index contributed by atoms with van der Waals surface area (Å²) in [5, 5.41) is 13.3. The van der Waals surface area contributed by atoms with Gasteiger partial charge in [0.2, 0.25) is 0 Å². The zero-order valence-corrected chi connectivity index (χ0v) is 10.4. The standard InChI is InChI=1S/C13H27NO/c1-3-13(2,15)11-14-10-12-8-6-4-5-7-9-12/h12,14-15H,3-11H2,1-2H3. The molecular formula is C13H27NO. The molecule has 1 saturated carbocycles. The zero-order valence-electron chi connectivity index (χ0n) is 10.4. The van der Waals surface area contributed by atoms with Crippen LogP contribution in [0.2, 0.25) is 0 Å². The minimum Gasteiger partial charge on any atom is -0.389 e. The van der Waals surface area contributed by atoms with Crippen LogP contribution in [0, 0.1) is 5.92 Å². The van der Waals surface area contributed by atoms with E-state index in [4.69, 9.17) is 0 Å². The number of hydrogen-bond acceptors (Lipinski definition) is 2. The summed E-state index contributed by atoms with van der Waals surface area (Å²) in [6.07, 6.45) is 9.21. The fourth-order valence-corrected chi connectivity index (χ4v) is 2.24. The van der Waals surface area contributed by atoms with Crippen LogP contribution in [0.5, 0.6) is 0 Å². The van der Waals surface area contributed by atoms with E-state index in [1.165, 1.54) is 38.5 Å². The van der Waals surface area contributed by atoms with Crippen molar-refractivity contribution in [2.45, 2.75) is 64.4 Å². The first-order valence-corrected chi connectivity index (χ1v) is 6.57. The highest BCUT2D eigenvalue weighted by Gasteiger charge is 2.18. The van der Waals surface area contributed by atoms with Crippen molar-refractivity contribution in [3.05, 3.63) is 0 Å². The van der Waals surface area contributed by atoms with Crippen molar-refractivity contribution < 1.29 is 5.11 Å². The van der Waals surface area contributed by atoms with Gasteiger partial charge in [-0.2, -0.15) is 0 Å². The monoisotopic (exact) mass is 213 g/mol. The average Bonchev–Trinajstić information content (AvgIpc) is 2.46. The maximum absolute atomic E-state index is 9.85. The van der Waals surface area contributed by atoms with Crippen molar-refractivity contribution in [2.24, 2.45) is 5.92 Å². The highest BCUT2D eigenvalue weighted by atomic mass is 16.3. The lowest BCUT2D eigenvalue weighted by Crippen LogP contribution is -2.39. The summed E-state index contributed by atoms with van der Waals surface area (Å²) in [5.41, 5.74) is -0.523. The van der Waals surface area contributed by atoms with E-state index in [1.54, 1.807) is 0 Å². The Morgan fingerprint density at radius 3 is 2.33 bits per heavy atom. The number of rotatable bonds is 5. The molecule has 0 aromatic heterocycles. The lowest BCUT2D eigenvalue weighted by Gasteiger charge is -2.23. The van der Waals surface area contributed by atoms with Gasteiger partial charge in [0.05, 0.1) is 5.60 Å². The van der Waals surface area contributed by atoms with E-state index in [-0.39, 0.29) is 0 Å². The predicted octanol–water partition coefficient (Wildman–Crippen LogP) is 2.71. The topological polar surface area (TPSA) is 32.3 Å². The average molecular weight is 213 g/mol. The fourth-order valence-electron chi connectivity index (χ4n) is 2.24. The maximum Gasteiger partial charge on any atom is 0.0740 e. The second-order valence-corrected chi connectivity index (χ2v) is 5.34. The fraction of sp³-hybridized carbons (Fsp3) is 1.00. The maximum atomic E-state index is 9.85. The van der Waals surface area contributed by atoms with Gasteiger partial charge in [0.15, 0.2) is 0 Å². The van der Waals surface area contributed by atoms with Gasteiger partial charge in [0, 0.05) is 6.54 Å². The van der Waals surface area contributed by atoms with Crippen molar-refractivity contribution in [3.8, 4) is 0 Å². The summed E-state index contributed by atoms with van der Waals surface area (Å²) in [6, 6.07) is 0. The second-order valence-electron chi connectivity index (χ2n) is 5.34. The number of hydrogen-bond donors (Lipinski definition) is 2. The molecule has 0 spiro atoms. The molecule has 1 fully saturated rings. The molecule has 0 bridgehead atoms. The lowest BCUT2D eigenvalue weighted by atomic mass is 9.99. The molecular weight excluding hydrogens is 186 g/mol. The van der Waals surface area contributed by atoms with Gasteiger partial charge in [-0.25, -0.2) is 0 Å². The van der Waals surface area contributed by atoms with E-state index in [0.29, 0.717) is 0 Å². The Hall–Kier alpha value is -0.0800. The first kappa shape index (κ1) is 13.0. The molecule has 1 aliphatic rings. The third kappa shape index (κ3) is 5.53. The smallest absolute Gasteiger partial charge is 0.0740 e. The SMILES string of the molecule is CCC(C)(O)CNCC1CCCCCC1. The summed E-state index contributed by atoms with van der Waals surface area (Å²) in [7, 11) is 0. The first-order chi connectivity index (χ1) is 7.14. The quantitative estimate of drug-likeness (QED) is 0.688. The summed E-state index contributed by atoms with van der Waals surface area (Å²) >= 11 is 0. The Labute approximate surface area is 94.5 Å². The van der Waals surface area contributed by atoms with E-state index in [2.05, 4.69) is 5.32 Å². The Balaban J connectivity index is 2.13. The van der Waals surface area contributed by atoms with E-state index < -0.39 is 5.60 Å². The van der Waals surface area contributed by atoms with Gasteiger partial charge in [-0.15, -0.1) is 0 Å². The highest BCUT2D eigenvalue weighted by Crippen LogP contribution is 2.22. The summed E-state index contributed by atoms with van der Waals surface area (Å²) in [6.45, 7) is 5.77. The molecule has 15 heavy (non-hydrogen) atoms. The van der Waals surface area contributed by atoms with Crippen molar-refractivity contribution in [1.29, 1.82) is 0 Å². The van der Waals surface area contributed by atoms with Gasteiger partial charge < -0.3 is 10.4 Å². The van der Waals surface area contributed by atoms with E-state index >= 15 is 0 Å². The molecule has 2 heteroatoms. The molecule has 0 radical (unpaired) electrons. The molecule has 2 nitrogen and oxygen atoms in total. The molecule has 1 rings (SSSR count). The van der Waals surface area contributed by atoms with E-state index in [9.17, 15) is 5.11 Å². The molecule has 0 amide bonds. The third-order valence-corrected chi connectivity index (χ3v) is 3.68. The van der Waals surface area contributed by atoms with Crippen LogP contribution in [0.1, 0.15) is 58.8 Å². The molecule has 0 aromatic carbocycles. The molecule has 2 N–H and O–H groups in total. The molecule has 1 aliphatic carbocycles. The highest BCUT2D eigenvalue weighted by molar-refractivity contribution is 4.75. The zero-order chi connectivity index (χ0) is 11.1. The van der Waals surface area contributed by atoms with Crippen LogP contribution in [-0.2, 0) is 0 Å². The van der Waals surface area contributed by atoms with Gasteiger partial charge in [-0.1, -0.05) is 32.6 Å². The van der Waals surface area contributed by atoms with Crippen LogP contribution >= 0.6 is 0 Å². The van der Waals surface area contributed by atoms with Gasteiger partial charge >= 0.3 is 0 Å². The molecule has 90 valence electrons. The Morgan fingerprint density at radius 2 is 1.80 bits per heavy atom. The predicted molar refractivity (Wildman–Crippen MR) is 65.0 cm³/mol. The van der Waals surface area contributed by atoms with Crippen LogP contribution in [0.3, 0.4) is 0 Å². The first-order valence-electron chi connectivity index (χ1n) is 6.57. The van der Waals surface area contributed by atoms with E-state index in [0.717, 1.165) is 25.4 Å². The summed E-state index contributed by atoms with van der Waals surface area (Å²) in [4.78, 5) is 0. The van der Waals surface area contributed by atoms with Gasteiger partial charge in [-0.3, -0.25) is 0 Å². The van der Waals surface area contributed by atoms with Crippen LogP contribution in [-0.4, -0.2) is 23.8 Å². The molecule has 0 aromatic rings. The summed E-state index contributed by atoms with van der Waals surface area (Å²) < 4.78 is 0. The molecule has 0 aliphatic heterocycles. The van der Waals surface area contributed by atoms with Crippen LogP contribution < -0.4 is 5.32 Å². The van der Waals surface area contributed by atoms with Crippen LogP contribution in [0.25, 0.3) is 0 Å². The minimum atomic E-state index is -0.523. The third-order valence-electron chi connectivity index (χ3n) is 3.68. The second kappa shape index (κ2) is 6.49. The van der Waals surface area contributed by atoms with Crippen molar-refractivity contribution in [3.63, 3.8) is 0 Å². The normalized spacial score (nSPS) is 23.4. The molecule has 1 atom stereocenters. The molecule has 0 saturated heterocycles.